The molecule has 0 atom stereocenters. The van der Waals surface area contributed by atoms with E-state index in [2.05, 4.69) is 30.7 Å². The molecule has 0 aromatic carbocycles. The molecule has 0 bridgehead atoms. The molecule has 0 saturated carbocycles. The average Bonchev–Trinajstić information content (AvgIpc) is 2.96. The maximum atomic E-state index is 12.3. The third-order valence-corrected chi connectivity index (χ3v) is 3.99. The van der Waals surface area contributed by atoms with Crippen molar-refractivity contribution in [2.45, 2.75) is 46.8 Å². The topological polar surface area (TPSA) is 58.8 Å². The predicted molar refractivity (Wildman–Crippen MR) is 80.9 cm³/mol. The van der Waals surface area contributed by atoms with E-state index in [0.717, 1.165) is 50.2 Å². The van der Waals surface area contributed by atoms with Crippen LogP contribution in [0.2, 0.25) is 0 Å². The van der Waals surface area contributed by atoms with Crippen molar-refractivity contribution in [1.82, 2.24) is 14.8 Å². The smallest absolute Gasteiger partial charge is 0.223 e. The van der Waals surface area contributed by atoms with Crippen molar-refractivity contribution in [3.63, 3.8) is 0 Å². The molecule has 3 heterocycles. The molecule has 0 N–H and O–H groups in total. The van der Waals surface area contributed by atoms with E-state index in [1.807, 2.05) is 4.90 Å². The monoisotopic (exact) mass is 307 g/mol. The van der Waals surface area contributed by atoms with Crippen LogP contribution in [0.15, 0.2) is 4.42 Å². The highest BCUT2D eigenvalue weighted by Crippen LogP contribution is 2.27. The second kappa shape index (κ2) is 6.01. The molecule has 6 nitrogen and oxygen atoms in total. The van der Waals surface area contributed by atoms with E-state index in [9.17, 15) is 4.79 Å². The Balaban J connectivity index is 1.57. The summed E-state index contributed by atoms with van der Waals surface area (Å²) in [6, 6.07) is 0. The molecule has 2 aliphatic heterocycles. The van der Waals surface area contributed by atoms with Gasteiger partial charge in [-0.2, -0.15) is 0 Å². The van der Waals surface area contributed by atoms with Crippen LogP contribution in [0.4, 0.5) is 0 Å². The van der Waals surface area contributed by atoms with E-state index in [1.165, 1.54) is 0 Å². The van der Waals surface area contributed by atoms with Gasteiger partial charge in [0.05, 0.1) is 32.8 Å². The fraction of sp³-hybridized carbons (Fsp3) is 0.750. The van der Waals surface area contributed by atoms with E-state index in [0.29, 0.717) is 19.5 Å². The Hall–Kier alpha value is -1.40. The third kappa shape index (κ3) is 3.67. The molecular formula is C16H25N3O3. The second-order valence-corrected chi connectivity index (χ2v) is 7.35. The fourth-order valence-corrected chi connectivity index (χ4v) is 2.85. The molecule has 1 aromatic rings. The van der Waals surface area contributed by atoms with Gasteiger partial charge >= 0.3 is 0 Å². The van der Waals surface area contributed by atoms with E-state index < -0.39 is 0 Å². The molecule has 2 aliphatic rings. The number of nitrogens with zero attached hydrogens (tertiary/aromatic N) is 3. The van der Waals surface area contributed by atoms with Crippen LogP contribution in [0, 0.1) is 5.41 Å². The van der Waals surface area contributed by atoms with Crippen LogP contribution in [0.25, 0.3) is 0 Å². The van der Waals surface area contributed by atoms with E-state index in [1.54, 1.807) is 0 Å². The summed E-state index contributed by atoms with van der Waals surface area (Å²) in [5.41, 5.74) is 0.931. The van der Waals surface area contributed by atoms with Crippen molar-refractivity contribution in [2.24, 2.45) is 5.41 Å². The highest BCUT2D eigenvalue weighted by molar-refractivity contribution is 5.77. The minimum Gasteiger partial charge on any atom is -0.442 e. The lowest BCUT2D eigenvalue weighted by Crippen LogP contribution is -2.35. The number of morpholine rings is 1. The largest absolute Gasteiger partial charge is 0.442 e. The minimum absolute atomic E-state index is 0.00966. The lowest BCUT2D eigenvalue weighted by molar-refractivity contribution is -0.133. The molecule has 1 saturated heterocycles. The minimum atomic E-state index is 0.00966. The Morgan fingerprint density at radius 2 is 1.95 bits per heavy atom. The van der Waals surface area contributed by atoms with Crippen molar-refractivity contribution in [1.29, 1.82) is 0 Å². The van der Waals surface area contributed by atoms with Crippen LogP contribution >= 0.6 is 0 Å². The number of fused-ring (bicyclic) bond motifs is 1. The van der Waals surface area contributed by atoms with Crippen LogP contribution in [0.5, 0.6) is 0 Å². The summed E-state index contributed by atoms with van der Waals surface area (Å²) in [6.45, 7) is 11.5. The maximum Gasteiger partial charge on any atom is 0.223 e. The lowest BCUT2D eigenvalue weighted by Gasteiger charge is -2.25. The van der Waals surface area contributed by atoms with E-state index >= 15 is 0 Å². The normalized spacial score (nSPS) is 19.5. The summed E-state index contributed by atoms with van der Waals surface area (Å²) in [7, 11) is 0. The average molecular weight is 307 g/mol. The number of oxazole rings is 1. The maximum absolute atomic E-state index is 12.3. The highest BCUT2D eigenvalue weighted by Gasteiger charge is 2.30. The third-order valence-electron chi connectivity index (χ3n) is 3.99. The summed E-state index contributed by atoms with van der Waals surface area (Å²) in [5.74, 6) is 1.79. The number of carbonyl (C=O) groups is 1. The van der Waals surface area contributed by atoms with Gasteiger partial charge in [0.15, 0.2) is 0 Å². The van der Waals surface area contributed by atoms with Crippen molar-refractivity contribution >= 4 is 5.91 Å². The number of hydrogen-bond acceptors (Lipinski definition) is 5. The summed E-state index contributed by atoms with van der Waals surface area (Å²) >= 11 is 0. The van der Waals surface area contributed by atoms with Crippen LogP contribution in [0.3, 0.4) is 0 Å². The van der Waals surface area contributed by atoms with Crippen molar-refractivity contribution in [3.8, 4) is 0 Å². The van der Waals surface area contributed by atoms with Gasteiger partial charge in [-0.25, -0.2) is 4.98 Å². The molecule has 22 heavy (non-hydrogen) atoms. The van der Waals surface area contributed by atoms with Gasteiger partial charge in [-0.15, -0.1) is 0 Å². The van der Waals surface area contributed by atoms with Crippen LogP contribution in [-0.2, 0) is 29.2 Å². The number of hydrogen-bond donors (Lipinski definition) is 0. The summed E-state index contributed by atoms with van der Waals surface area (Å²) < 4.78 is 11.2. The number of amides is 1. The van der Waals surface area contributed by atoms with Gasteiger partial charge in [-0.05, 0) is 5.41 Å². The molecule has 1 amide bonds. The summed E-state index contributed by atoms with van der Waals surface area (Å²) in [6.07, 6.45) is 0.553. The zero-order valence-corrected chi connectivity index (χ0v) is 13.7. The first-order chi connectivity index (χ1) is 10.4. The fourth-order valence-electron chi connectivity index (χ4n) is 2.85. The first kappa shape index (κ1) is 15.5. The number of rotatable bonds is 3. The van der Waals surface area contributed by atoms with Gasteiger partial charge in [0.25, 0.3) is 0 Å². The first-order valence-electron chi connectivity index (χ1n) is 7.96. The van der Waals surface area contributed by atoms with Gasteiger partial charge < -0.3 is 14.1 Å². The molecule has 1 aromatic heterocycles. The second-order valence-electron chi connectivity index (χ2n) is 7.35. The van der Waals surface area contributed by atoms with Gasteiger partial charge in [0, 0.05) is 19.5 Å². The van der Waals surface area contributed by atoms with Crippen molar-refractivity contribution in [2.75, 3.05) is 26.3 Å². The molecule has 1 fully saturated rings. The Labute approximate surface area is 131 Å². The molecule has 3 rings (SSSR count). The standard InChI is InChI=1S/C16H25N3O3/c1-16(2,3)8-15(20)19-9-12-13(10-19)22-14(17-12)11-18-4-6-21-7-5-18/h4-11H2,1-3H3. The van der Waals surface area contributed by atoms with Gasteiger partial charge in [0.2, 0.25) is 11.8 Å². The van der Waals surface area contributed by atoms with Gasteiger partial charge in [-0.3, -0.25) is 9.69 Å². The molecule has 6 heteroatoms. The van der Waals surface area contributed by atoms with Crippen LogP contribution < -0.4 is 0 Å². The molecular weight excluding hydrogens is 282 g/mol. The Morgan fingerprint density at radius 3 is 2.59 bits per heavy atom. The van der Waals surface area contributed by atoms with Gasteiger partial charge in [-0.1, -0.05) is 20.8 Å². The quantitative estimate of drug-likeness (QED) is 0.852. The number of aromatic nitrogens is 1. The van der Waals surface area contributed by atoms with Crippen LogP contribution in [-0.4, -0.2) is 47.0 Å². The Morgan fingerprint density at radius 1 is 1.23 bits per heavy atom. The Bertz CT molecular complexity index is 518. The zero-order chi connectivity index (χ0) is 15.7. The summed E-state index contributed by atoms with van der Waals surface area (Å²) in [5, 5.41) is 0. The predicted octanol–water partition coefficient (Wildman–Crippen LogP) is 1.79. The Kier molecular flexibility index (Phi) is 4.23. The van der Waals surface area contributed by atoms with E-state index in [-0.39, 0.29) is 11.3 Å². The van der Waals surface area contributed by atoms with Crippen molar-refractivity contribution in [3.05, 3.63) is 17.3 Å². The first-order valence-corrected chi connectivity index (χ1v) is 7.96. The molecule has 0 radical (unpaired) electrons. The molecule has 122 valence electrons. The molecule has 0 spiro atoms. The molecule has 0 aliphatic carbocycles. The van der Waals surface area contributed by atoms with Gasteiger partial charge in [0.1, 0.15) is 11.5 Å². The SMILES string of the molecule is CC(C)(C)CC(=O)N1Cc2nc(CN3CCOCC3)oc2C1. The highest BCUT2D eigenvalue weighted by atomic mass is 16.5. The summed E-state index contributed by atoms with van der Waals surface area (Å²) in [4.78, 5) is 21.0. The molecule has 0 unspecified atom stereocenters. The zero-order valence-electron chi connectivity index (χ0n) is 13.7. The number of carbonyl (C=O) groups excluding carboxylic acids is 1. The van der Waals surface area contributed by atoms with Crippen LogP contribution in [0.1, 0.15) is 44.5 Å². The van der Waals surface area contributed by atoms with Crippen molar-refractivity contribution < 1.29 is 13.9 Å². The van der Waals surface area contributed by atoms with E-state index in [4.69, 9.17) is 9.15 Å². The lowest BCUT2D eigenvalue weighted by atomic mass is 9.92. The number of ether oxygens (including phenoxy) is 1.